The molecule has 0 aliphatic carbocycles. The fourth-order valence-corrected chi connectivity index (χ4v) is 3.61. The van der Waals surface area contributed by atoms with E-state index in [1.165, 1.54) is 5.56 Å². The van der Waals surface area contributed by atoms with Crippen molar-refractivity contribution < 1.29 is 4.79 Å². The van der Waals surface area contributed by atoms with Crippen LogP contribution in [0.1, 0.15) is 41.0 Å². The van der Waals surface area contributed by atoms with Crippen LogP contribution in [0, 0.1) is 0 Å². The van der Waals surface area contributed by atoms with Crippen molar-refractivity contribution in [3.63, 3.8) is 0 Å². The molecule has 1 aliphatic rings. The van der Waals surface area contributed by atoms with Crippen LogP contribution >= 0.6 is 0 Å². The third-order valence-corrected chi connectivity index (χ3v) is 4.91. The first-order valence-corrected chi connectivity index (χ1v) is 9.13. The maximum absolute atomic E-state index is 12.1. The van der Waals surface area contributed by atoms with Crippen LogP contribution < -0.4 is 5.32 Å². The van der Waals surface area contributed by atoms with Crippen molar-refractivity contribution >= 4 is 11.6 Å². The summed E-state index contributed by atoms with van der Waals surface area (Å²) in [6.07, 6.45) is 2.91. The molecule has 3 heterocycles. The normalized spacial score (nSPS) is 17.7. The molecule has 1 fully saturated rings. The molecule has 1 aromatic carbocycles. The monoisotopic (exact) mass is 349 g/mol. The van der Waals surface area contributed by atoms with Gasteiger partial charge in [-0.15, -0.1) is 10.2 Å². The SMILES string of the molecule is CCNC(=O)c1ccc2nnc(C3CCN(Cc4ccccc4)C3)n2c1. The van der Waals surface area contributed by atoms with Crippen LogP contribution in [-0.2, 0) is 6.54 Å². The fraction of sp³-hybridized carbons (Fsp3) is 0.350. The van der Waals surface area contributed by atoms with E-state index in [-0.39, 0.29) is 5.91 Å². The van der Waals surface area contributed by atoms with Gasteiger partial charge < -0.3 is 5.32 Å². The number of fused-ring (bicyclic) bond motifs is 1. The zero-order valence-corrected chi connectivity index (χ0v) is 14.9. The summed E-state index contributed by atoms with van der Waals surface area (Å²) >= 11 is 0. The Morgan fingerprint density at radius 3 is 2.85 bits per heavy atom. The Bertz CT molecular complexity index is 905. The summed E-state index contributed by atoms with van der Waals surface area (Å²) in [5.74, 6) is 1.21. The standard InChI is InChI=1S/C20H23N5O/c1-2-21-20(26)17-8-9-18-22-23-19(25(18)14-17)16-10-11-24(13-16)12-15-6-4-3-5-7-15/h3-9,14,16H,2,10-13H2,1H3,(H,21,26). The summed E-state index contributed by atoms with van der Waals surface area (Å²) in [5, 5.41) is 11.5. The van der Waals surface area contributed by atoms with Gasteiger partial charge in [0.05, 0.1) is 5.56 Å². The molecule has 0 radical (unpaired) electrons. The molecular weight excluding hydrogens is 326 g/mol. The number of carbonyl (C=O) groups excluding carboxylic acids is 1. The van der Waals surface area contributed by atoms with Gasteiger partial charge in [-0.2, -0.15) is 0 Å². The van der Waals surface area contributed by atoms with Gasteiger partial charge in [0.15, 0.2) is 5.65 Å². The molecule has 1 saturated heterocycles. The molecule has 0 bridgehead atoms. The fourth-order valence-electron chi connectivity index (χ4n) is 3.61. The number of aromatic nitrogens is 3. The van der Waals surface area contributed by atoms with Crippen molar-refractivity contribution in [3.8, 4) is 0 Å². The van der Waals surface area contributed by atoms with Gasteiger partial charge in [0.1, 0.15) is 5.82 Å². The van der Waals surface area contributed by atoms with Crippen LogP contribution in [0.3, 0.4) is 0 Å². The first-order valence-electron chi connectivity index (χ1n) is 9.13. The lowest BCUT2D eigenvalue weighted by Crippen LogP contribution is -2.23. The molecule has 6 heteroatoms. The summed E-state index contributed by atoms with van der Waals surface area (Å²) in [4.78, 5) is 14.6. The van der Waals surface area contributed by atoms with Gasteiger partial charge in [-0.05, 0) is 37.6 Å². The van der Waals surface area contributed by atoms with Gasteiger partial charge in [-0.3, -0.25) is 14.1 Å². The van der Waals surface area contributed by atoms with E-state index in [1.807, 2.05) is 29.7 Å². The van der Waals surface area contributed by atoms with Gasteiger partial charge in [0.2, 0.25) is 0 Å². The number of likely N-dealkylation sites (tertiary alicyclic amines) is 1. The summed E-state index contributed by atoms with van der Waals surface area (Å²) in [7, 11) is 0. The Kier molecular flexibility index (Phi) is 4.67. The van der Waals surface area contributed by atoms with Crippen LogP contribution in [0.25, 0.3) is 5.65 Å². The van der Waals surface area contributed by atoms with Crippen molar-refractivity contribution in [1.29, 1.82) is 0 Å². The Morgan fingerprint density at radius 1 is 1.19 bits per heavy atom. The van der Waals surface area contributed by atoms with Gasteiger partial charge >= 0.3 is 0 Å². The molecule has 1 atom stereocenters. The molecule has 3 aromatic rings. The van der Waals surface area contributed by atoms with E-state index < -0.39 is 0 Å². The number of benzene rings is 1. The van der Waals surface area contributed by atoms with E-state index in [2.05, 4.69) is 44.7 Å². The lowest BCUT2D eigenvalue weighted by molar-refractivity contribution is 0.0955. The maximum atomic E-state index is 12.1. The average Bonchev–Trinajstić information content (AvgIpc) is 3.28. The first kappa shape index (κ1) is 16.7. The molecule has 2 aromatic heterocycles. The predicted octanol–water partition coefficient (Wildman–Crippen LogP) is 2.47. The van der Waals surface area contributed by atoms with E-state index in [0.717, 1.165) is 37.5 Å². The summed E-state index contributed by atoms with van der Waals surface area (Å²) in [6.45, 7) is 5.49. The van der Waals surface area contributed by atoms with Crippen LogP contribution in [0.15, 0.2) is 48.7 Å². The largest absolute Gasteiger partial charge is 0.352 e. The second kappa shape index (κ2) is 7.25. The highest BCUT2D eigenvalue weighted by Crippen LogP contribution is 2.27. The maximum Gasteiger partial charge on any atom is 0.252 e. The van der Waals surface area contributed by atoms with Gasteiger partial charge in [-0.1, -0.05) is 30.3 Å². The topological polar surface area (TPSA) is 62.5 Å². The Morgan fingerprint density at radius 2 is 2.04 bits per heavy atom. The Hall–Kier alpha value is -2.73. The van der Waals surface area contributed by atoms with Crippen molar-refractivity contribution in [2.75, 3.05) is 19.6 Å². The molecule has 1 unspecified atom stereocenters. The molecule has 26 heavy (non-hydrogen) atoms. The number of rotatable bonds is 5. The lowest BCUT2D eigenvalue weighted by atomic mass is 10.1. The third-order valence-electron chi connectivity index (χ3n) is 4.91. The molecule has 0 saturated carbocycles. The van der Waals surface area contributed by atoms with E-state index in [1.54, 1.807) is 6.07 Å². The van der Waals surface area contributed by atoms with Crippen LogP contribution in [0.4, 0.5) is 0 Å². The summed E-state index contributed by atoms with van der Waals surface area (Å²) in [5.41, 5.74) is 2.76. The second-order valence-electron chi connectivity index (χ2n) is 6.77. The number of nitrogens with one attached hydrogen (secondary N) is 1. The van der Waals surface area contributed by atoms with Gasteiger partial charge in [0.25, 0.3) is 5.91 Å². The molecule has 134 valence electrons. The smallest absolute Gasteiger partial charge is 0.252 e. The molecule has 4 rings (SSSR count). The molecule has 1 amide bonds. The molecule has 1 aliphatic heterocycles. The highest BCUT2D eigenvalue weighted by atomic mass is 16.1. The number of hydrogen-bond acceptors (Lipinski definition) is 4. The molecule has 1 N–H and O–H groups in total. The van der Waals surface area contributed by atoms with Gasteiger partial charge in [0, 0.05) is 31.7 Å². The number of carbonyl (C=O) groups is 1. The lowest BCUT2D eigenvalue weighted by Gasteiger charge is -2.15. The third kappa shape index (κ3) is 3.32. The molecule has 6 nitrogen and oxygen atoms in total. The quantitative estimate of drug-likeness (QED) is 0.769. The van der Waals surface area contributed by atoms with Crippen LogP contribution in [0.2, 0.25) is 0 Å². The van der Waals surface area contributed by atoms with E-state index in [9.17, 15) is 4.79 Å². The van der Waals surface area contributed by atoms with E-state index in [0.29, 0.717) is 18.0 Å². The van der Waals surface area contributed by atoms with Crippen molar-refractivity contribution in [1.82, 2.24) is 24.8 Å². The highest BCUT2D eigenvalue weighted by Gasteiger charge is 2.27. The summed E-state index contributed by atoms with van der Waals surface area (Å²) < 4.78 is 1.97. The number of pyridine rings is 1. The van der Waals surface area contributed by atoms with Crippen LogP contribution in [-0.4, -0.2) is 45.0 Å². The minimum Gasteiger partial charge on any atom is -0.352 e. The average molecular weight is 349 g/mol. The Balaban J connectivity index is 1.53. The highest BCUT2D eigenvalue weighted by molar-refractivity contribution is 5.94. The van der Waals surface area contributed by atoms with Crippen molar-refractivity contribution in [3.05, 3.63) is 65.6 Å². The summed E-state index contributed by atoms with van der Waals surface area (Å²) in [6, 6.07) is 14.2. The van der Waals surface area contributed by atoms with Crippen molar-refractivity contribution in [2.24, 2.45) is 0 Å². The second-order valence-corrected chi connectivity index (χ2v) is 6.77. The number of hydrogen-bond donors (Lipinski definition) is 1. The van der Waals surface area contributed by atoms with E-state index in [4.69, 9.17) is 0 Å². The molecule has 0 spiro atoms. The van der Waals surface area contributed by atoms with Crippen LogP contribution in [0.5, 0.6) is 0 Å². The first-order chi connectivity index (χ1) is 12.7. The number of nitrogens with zero attached hydrogens (tertiary/aromatic N) is 4. The zero-order valence-electron chi connectivity index (χ0n) is 14.9. The van der Waals surface area contributed by atoms with Crippen molar-refractivity contribution in [2.45, 2.75) is 25.8 Å². The predicted molar refractivity (Wildman–Crippen MR) is 100 cm³/mol. The zero-order chi connectivity index (χ0) is 17.9. The number of amides is 1. The van der Waals surface area contributed by atoms with Gasteiger partial charge in [-0.25, -0.2) is 0 Å². The minimum atomic E-state index is -0.0637. The minimum absolute atomic E-state index is 0.0637. The molecular formula is C20H23N5O. The van der Waals surface area contributed by atoms with E-state index >= 15 is 0 Å². The Labute approximate surface area is 152 Å².